The number of fused-ring (bicyclic) bond motifs is 1. The maximum Gasteiger partial charge on any atom is 0.255 e. The minimum Gasteiger partial charge on any atom is -0.384 e. The van der Waals surface area contributed by atoms with Crippen LogP contribution in [0.25, 0.3) is 10.8 Å². The van der Waals surface area contributed by atoms with Gasteiger partial charge in [-0.15, -0.1) is 0 Å². The van der Waals surface area contributed by atoms with E-state index in [2.05, 4.69) is 37.4 Å². The van der Waals surface area contributed by atoms with E-state index in [0.717, 1.165) is 40.8 Å². The lowest BCUT2D eigenvalue weighted by Gasteiger charge is -2.16. The summed E-state index contributed by atoms with van der Waals surface area (Å²) >= 11 is 0. The van der Waals surface area contributed by atoms with Crippen LogP contribution in [0.1, 0.15) is 40.0 Å². The van der Waals surface area contributed by atoms with Crippen LogP contribution in [-0.2, 0) is 24.2 Å². The minimum atomic E-state index is -0.163. The number of amides is 1. The Morgan fingerprint density at radius 2 is 1.94 bits per heavy atom. The molecule has 0 aliphatic carbocycles. The average molecular weight is 486 g/mol. The smallest absolute Gasteiger partial charge is 0.255 e. The highest BCUT2D eigenvalue weighted by Crippen LogP contribution is 2.21. The van der Waals surface area contributed by atoms with Crippen LogP contribution in [0.3, 0.4) is 0 Å². The molecule has 0 bridgehead atoms. The van der Waals surface area contributed by atoms with Gasteiger partial charge in [0.05, 0.1) is 24.4 Å². The molecule has 0 radical (unpaired) electrons. The monoisotopic (exact) mass is 485 g/mol. The zero-order valence-corrected chi connectivity index (χ0v) is 20.5. The standard InChI is InChI=1S/C27H31N7O2/c1-36-13-9-24-23(27(35)31-15-19-4-6-22-21(14-19)8-10-29-26(22)28)18-34(32-24)17-20-5-7-25(30-16-20)33-11-2-3-12-33/h4-8,10,14,16,18H,2-3,9,11-13,15,17H2,1H3,(H2,28,29)(H,31,35). The van der Waals surface area contributed by atoms with Crippen LogP contribution in [0.15, 0.2) is 55.0 Å². The first kappa shape index (κ1) is 23.7. The van der Waals surface area contributed by atoms with Crippen LogP contribution in [0.2, 0.25) is 0 Å². The van der Waals surface area contributed by atoms with Gasteiger partial charge in [0.2, 0.25) is 0 Å². The van der Waals surface area contributed by atoms with Gasteiger partial charge in [0.25, 0.3) is 5.91 Å². The molecule has 0 saturated carbocycles. The molecule has 4 heterocycles. The van der Waals surface area contributed by atoms with Gasteiger partial charge in [-0.1, -0.05) is 18.2 Å². The Hall–Kier alpha value is -3.98. The van der Waals surface area contributed by atoms with E-state index in [1.165, 1.54) is 12.8 Å². The summed E-state index contributed by atoms with van der Waals surface area (Å²) in [7, 11) is 1.65. The Labute approximate surface area is 210 Å². The number of nitrogens with one attached hydrogen (secondary N) is 1. The molecule has 0 spiro atoms. The molecule has 4 aromatic rings. The number of hydrogen-bond donors (Lipinski definition) is 2. The van der Waals surface area contributed by atoms with Crippen molar-refractivity contribution in [1.29, 1.82) is 0 Å². The molecule has 1 saturated heterocycles. The van der Waals surface area contributed by atoms with E-state index in [0.29, 0.717) is 43.2 Å². The summed E-state index contributed by atoms with van der Waals surface area (Å²) in [4.78, 5) is 24.2. The first-order chi connectivity index (χ1) is 17.6. The van der Waals surface area contributed by atoms with E-state index in [1.807, 2.05) is 36.7 Å². The molecular weight excluding hydrogens is 454 g/mol. The molecule has 5 rings (SSSR count). The van der Waals surface area contributed by atoms with E-state index in [1.54, 1.807) is 18.0 Å². The summed E-state index contributed by atoms with van der Waals surface area (Å²) in [6.45, 7) is 3.56. The van der Waals surface area contributed by atoms with Crippen molar-refractivity contribution in [2.45, 2.75) is 32.4 Å². The average Bonchev–Trinajstić information content (AvgIpc) is 3.57. The number of hydrogen-bond acceptors (Lipinski definition) is 7. The van der Waals surface area contributed by atoms with Crippen LogP contribution in [-0.4, -0.2) is 52.5 Å². The first-order valence-corrected chi connectivity index (χ1v) is 12.3. The van der Waals surface area contributed by atoms with E-state index in [-0.39, 0.29) is 5.91 Å². The van der Waals surface area contributed by atoms with Gasteiger partial charge in [-0.2, -0.15) is 5.10 Å². The van der Waals surface area contributed by atoms with Crippen LogP contribution < -0.4 is 16.0 Å². The molecule has 186 valence electrons. The van der Waals surface area contributed by atoms with Crippen molar-refractivity contribution < 1.29 is 9.53 Å². The lowest BCUT2D eigenvalue weighted by Crippen LogP contribution is -2.23. The number of nitrogen functional groups attached to an aromatic ring is 1. The SMILES string of the molecule is COCCc1nn(Cc2ccc(N3CCCC3)nc2)cc1C(=O)NCc1ccc2c(N)nccc2c1. The summed E-state index contributed by atoms with van der Waals surface area (Å²) < 4.78 is 7.04. The van der Waals surface area contributed by atoms with Crippen molar-refractivity contribution in [2.75, 3.05) is 37.4 Å². The number of pyridine rings is 2. The third-order valence-corrected chi connectivity index (χ3v) is 6.52. The molecule has 1 aliphatic heterocycles. The molecule has 1 aromatic carbocycles. The van der Waals surface area contributed by atoms with E-state index < -0.39 is 0 Å². The Kier molecular flexibility index (Phi) is 7.08. The van der Waals surface area contributed by atoms with Gasteiger partial charge in [0.15, 0.2) is 0 Å². The largest absolute Gasteiger partial charge is 0.384 e. The van der Waals surface area contributed by atoms with Gasteiger partial charge in [-0.3, -0.25) is 9.48 Å². The summed E-state index contributed by atoms with van der Waals surface area (Å²) in [5.41, 5.74) is 9.24. The first-order valence-electron chi connectivity index (χ1n) is 12.3. The maximum absolute atomic E-state index is 13.1. The van der Waals surface area contributed by atoms with E-state index >= 15 is 0 Å². The Balaban J connectivity index is 1.28. The summed E-state index contributed by atoms with van der Waals surface area (Å²) in [6.07, 6.45) is 8.39. The van der Waals surface area contributed by atoms with Crippen molar-refractivity contribution in [3.8, 4) is 0 Å². The van der Waals surface area contributed by atoms with Crippen LogP contribution >= 0.6 is 0 Å². The number of ether oxygens (including phenoxy) is 1. The van der Waals surface area contributed by atoms with E-state index in [9.17, 15) is 4.79 Å². The van der Waals surface area contributed by atoms with Gasteiger partial charge in [0.1, 0.15) is 11.6 Å². The van der Waals surface area contributed by atoms with Crippen molar-refractivity contribution >= 4 is 28.3 Å². The third-order valence-electron chi connectivity index (χ3n) is 6.52. The second-order valence-corrected chi connectivity index (χ2v) is 9.08. The van der Waals surface area contributed by atoms with Gasteiger partial charge in [0, 0.05) is 57.1 Å². The molecule has 9 nitrogen and oxygen atoms in total. The van der Waals surface area contributed by atoms with Crippen LogP contribution in [0.5, 0.6) is 0 Å². The molecule has 1 fully saturated rings. The number of carbonyl (C=O) groups excluding carboxylic acids is 1. The minimum absolute atomic E-state index is 0.163. The van der Waals surface area contributed by atoms with Crippen molar-refractivity contribution in [2.24, 2.45) is 0 Å². The van der Waals surface area contributed by atoms with Crippen molar-refractivity contribution in [1.82, 2.24) is 25.1 Å². The zero-order valence-electron chi connectivity index (χ0n) is 20.5. The molecule has 3 aromatic heterocycles. The molecule has 1 amide bonds. The number of carbonyl (C=O) groups is 1. The van der Waals surface area contributed by atoms with E-state index in [4.69, 9.17) is 10.5 Å². The predicted octanol–water partition coefficient (Wildman–Crippen LogP) is 3.18. The number of anilines is 2. The normalized spacial score (nSPS) is 13.4. The number of rotatable bonds is 9. The molecule has 1 aliphatic rings. The molecular formula is C27H31N7O2. The van der Waals surface area contributed by atoms with Crippen LogP contribution in [0, 0.1) is 0 Å². The quantitative estimate of drug-likeness (QED) is 0.375. The second kappa shape index (κ2) is 10.7. The highest BCUT2D eigenvalue weighted by atomic mass is 16.5. The fourth-order valence-corrected chi connectivity index (χ4v) is 4.58. The molecule has 0 atom stereocenters. The van der Waals surface area contributed by atoms with Crippen molar-refractivity contribution in [3.63, 3.8) is 0 Å². The second-order valence-electron chi connectivity index (χ2n) is 9.08. The Morgan fingerprint density at radius 3 is 2.72 bits per heavy atom. The molecule has 0 unspecified atom stereocenters. The maximum atomic E-state index is 13.1. The number of methoxy groups -OCH3 is 1. The lowest BCUT2D eigenvalue weighted by atomic mass is 10.1. The lowest BCUT2D eigenvalue weighted by molar-refractivity contribution is 0.0949. The highest BCUT2D eigenvalue weighted by Gasteiger charge is 2.17. The van der Waals surface area contributed by atoms with Gasteiger partial charge in [-0.25, -0.2) is 9.97 Å². The van der Waals surface area contributed by atoms with Crippen LogP contribution in [0.4, 0.5) is 11.6 Å². The molecule has 3 N–H and O–H groups in total. The number of benzene rings is 1. The number of nitrogens with two attached hydrogens (primary N) is 1. The topological polar surface area (TPSA) is 111 Å². The summed E-state index contributed by atoms with van der Waals surface area (Å²) in [5, 5.41) is 9.61. The summed E-state index contributed by atoms with van der Waals surface area (Å²) in [6, 6.07) is 12.0. The Morgan fingerprint density at radius 1 is 1.11 bits per heavy atom. The fraction of sp³-hybridized carbons (Fsp3) is 0.333. The Bertz CT molecular complexity index is 1340. The molecule has 9 heteroatoms. The highest BCUT2D eigenvalue weighted by molar-refractivity contribution is 5.95. The van der Waals surface area contributed by atoms with Crippen molar-refractivity contribution in [3.05, 3.63) is 77.4 Å². The fourth-order valence-electron chi connectivity index (χ4n) is 4.58. The van der Waals surface area contributed by atoms with Gasteiger partial charge < -0.3 is 20.7 Å². The van der Waals surface area contributed by atoms with Gasteiger partial charge in [-0.05, 0) is 47.6 Å². The zero-order chi connectivity index (χ0) is 24.9. The predicted molar refractivity (Wildman–Crippen MR) is 140 cm³/mol. The third kappa shape index (κ3) is 5.31. The summed E-state index contributed by atoms with van der Waals surface area (Å²) in [5.74, 6) is 1.36. The number of nitrogens with zero attached hydrogens (tertiary/aromatic N) is 5. The molecule has 36 heavy (non-hydrogen) atoms. The number of aromatic nitrogens is 4. The van der Waals surface area contributed by atoms with Gasteiger partial charge >= 0.3 is 0 Å².